The van der Waals surface area contributed by atoms with Gasteiger partial charge in [0.15, 0.2) is 9.84 Å². The van der Waals surface area contributed by atoms with Crippen molar-refractivity contribution in [1.82, 2.24) is 4.98 Å². The molecule has 0 bridgehead atoms. The Morgan fingerprint density at radius 2 is 2.00 bits per heavy atom. The van der Waals surface area contributed by atoms with Gasteiger partial charge in [-0.3, -0.25) is 9.78 Å². The van der Waals surface area contributed by atoms with Crippen molar-refractivity contribution in [2.45, 2.75) is 32.9 Å². The number of amides is 1. The van der Waals surface area contributed by atoms with Crippen molar-refractivity contribution < 1.29 is 13.2 Å². The smallest absolute Gasteiger partial charge is 0.245 e. The maximum absolute atomic E-state index is 12.5. The Balaban J connectivity index is 3.16. The number of pyridine rings is 1. The summed E-state index contributed by atoms with van der Waals surface area (Å²) >= 11 is 0. The largest absolute Gasteiger partial charge is 0.309 e. The molecule has 0 unspecified atom stereocenters. The maximum atomic E-state index is 12.5. The van der Waals surface area contributed by atoms with E-state index in [1.54, 1.807) is 24.5 Å². The first kappa shape index (κ1) is 16.6. The van der Waals surface area contributed by atoms with Crippen molar-refractivity contribution in [3.8, 4) is 0 Å². The molecular formula is C14H22N2O3S. The minimum absolute atomic E-state index is 0.150. The Morgan fingerprint density at radius 1 is 1.40 bits per heavy atom. The molecule has 1 amide bonds. The van der Waals surface area contributed by atoms with Crippen molar-refractivity contribution in [3.05, 3.63) is 24.5 Å². The van der Waals surface area contributed by atoms with Gasteiger partial charge >= 0.3 is 0 Å². The van der Waals surface area contributed by atoms with Gasteiger partial charge in [-0.1, -0.05) is 20.8 Å². The molecule has 0 aliphatic rings. The van der Waals surface area contributed by atoms with Crippen molar-refractivity contribution >= 4 is 21.4 Å². The molecule has 0 fully saturated rings. The van der Waals surface area contributed by atoms with E-state index in [2.05, 4.69) is 4.98 Å². The summed E-state index contributed by atoms with van der Waals surface area (Å²) in [4.78, 5) is 18.0. The number of carbonyl (C=O) groups is 1. The molecule has 1 aromatic rings. The van der Waals surface area contributed by atoms with E-state index < -0.39 is 21.0 Å². The Bertz CT molecular complexity index is 562. The van der Waals surface area contributed by atoms with Crippen LogP contribution in [0.25, 0.3) is 0 Å². The van der Waals surface area contributed by atoms with Crippen molar-refractivity contribution in [3.63, 3.8) is 0 Å². The third-order valence-electron chi connectivity index (χ3n) is 2.85. The molecule has 1 aromatic heterocycles. The third kappa shape index (κ3) is 4.59. The van der Waals surface area contributed by atoms with Gasteiger partial charge in [0.1, 0.15) is 5.25 Å². The normalized spacial score (nSPS) is 13.8. The monoisotopic (exact) mass is 298 g/mol. The first-order valence-electron chi connectivity index (χ1n) is 6.42. The number of nitrogens with zero attached hydrogens (tertiary/aromatic N) is 2. The molecule has 112 valence electrons. The molecule has 0 aliphatic carbocycles. The maximum Gasteiger partial charge on any atom is 0.245 e. The molecule has 0 radical (unpaired) electrons. The number of hydrogen-bond acceptors (Lipinski definition) is 4. The highest BCUT2D eigenvalue weighted by Gasteiger charge is 2.31. The average Bonchev–Trinajstić information content (AvgIpc) is 2.33. The van der Waals surface area contributed by atoms with Crippen LogP contribution in [0, 0.1) is 5.41 Å². The molecule has 1 atom stereocenters. The minimum atomic E-state index is -3.42. The van der Waals surface area contributed by atoms with Crippen LogP contribution in [0.5, 0.6) is 0 Å². The first-order valence-corrected chi connectivity index (χ1v) is 8.38. The van der Waals surface area contributed by atoms with Gasteiger partial charge in [0.25, 0.3) is 0 Å². The van der Waals surface area contributed by atoms with Crippen LogP contribution in [0.2, 0.25) is 0 Å². The molecule has 5 nitrogen and oxygen atoms in total. The van der Waals surface area contributed by atoms with Crippen molar-refractivity contribution in [1.29, 1.82) is 0 Å². The number of aromatic nitrogens is 1. The molecule has 0 aromatic carbocycles. The van der Waals surface area contributed by atoms with Gasteiger partial charge in [-0.2, -0.15) is 0 Å². The lowest BCUT2D eigenvalue weighted by Crippen LogP contribution is -2.45. The minimum Gasteiger partial charge on any atom is -0.309 e. The summed E-state index contributed by atoms with van der Waals surface area (Å²) in [6, 6.07) is 3.48. The van der Waals surface area contributed by atoms with Crippen LogP contribution in [0.15, 0.2) is 24.5 Å². The lowest BCUT2D eigenvalue weighted by atomic mass is 9.95. The Labute approximate surface area is 120 Å². The second-order valence-electron chi connectivity index (χ2n) is 6.17. The topological polar surface area (TPSA) is 67.3 Å². The molecule has 6 heteroatoms. The van der Waals surface area contributed by atoms with Crippen LogP contribution < -0.4 is 4.90 Å². The third-order valence-corrected chi connectivity index (χ3v) is 4.33. The molecule has 1 heterocycles. The lowest BCUT2D eigenvalue weighted by molar-refractivity contribution is -0.118. The summed E-state index contributed by atoms with van der Waals surface area (Å²) < 4.78 is 23.2. The van der Waals surface area contributed by atoms with Gasteiger partial charge in [0, 0.05) is 19.0 Å². The number of rotatable bonds is 4. The zero-order valence-electron chi connectivity index (χ0n) is 12.6. The van der Waals surface area contributed by atoms with Crippen LogP contribution in [0.1, 0.15) is 27.7 Å². The predicted octanol–water partition coefficient (Wildman–Crippen LogP) is 1.89. The molecule has 0 aliphatic heterocycles. The van der Waals surface area contributed by atoms with E-state index in [4.69, 9.17) is 0 Å². The van der Waals surface area contributed by atoms with Gasteiger partial charge in [0.05, 0.1) is 11.9 Å². The fourth-order valence-corrected chi connectivity index (χ4v) is 2.18. The van der Waals surface area contributed by atoms with Crippen LogP contribution in [-0.4, -0.2) is 37.4 Å². The highest BCUT2D eigenvalue weighted by Crippen LogP contribution is 2.22. The predicted molar refractivity (Wildman–Crippen MR) is 80.4 cm³/mol. The zero-order chi connectivity index (χ0) is 15.6. The Kier molecular flexibility index (Phi) is 4.91. The van der Waals surface area contributed by atoms with E-state index in [0.717, 1.165) is 6.26 Å². The molecule has 0 N–H and O–H groups in total. The number of hydrogen-bond donors (Lipinski definition) is 0. The van der Waals surface area contributed by atoms with E-state index in [1.165, 1.54) is 11.8 Å². The van der Waals surface area contributed by atoms with Gasteiger partial charge in [-0.25, -0.2) is 8.42 Å². The molecule has 0 saturated carbocycles. The van der Waals surface area contributed by atoms with E-state index in [1.807, 2.05) is 20.8 Å². The quantitative estimate of drug-likeness (QED) is 0.851. The summed E-state index contributed by atoms with van der Waals surface area (Å²) in [7, 11) is -3.42. The second kappa shape index (κ2) is 5.91. The second-order valence-corrected chi connectivity index (χ2v) is 8.53. The highest BCUT2D eigenvalue weighted by molar-refractivity contribution is 7.92. The fraction of sp³-hybridized carbons (Fsp3) is 0.571. The van der Waals surface area contributed by atoms with Crippen LogP contribution in [-0.2, 0) is 14.6 Å². The average molecular weight is 298 g/mol. The summed E-state index contributed by atoms with van der Waals surface area (Å²) in [6.07, 6.45) is 4.26. The highest BCUT2D eigenvalue weighted by atomic mass is 32.2. The van der Waals surface area contributed by atoms with Gasteiger partial charge in [-0.05, 0) is 24.5 Å². The van der Waals surface area contributed by atoms with E-state index in [-0.39, 0.29) is 5.41 Å². The number of carbonyl (C=O) groups excluding carboxylic acids is 1. The molecule has 1 rings (SSSR count). The summed E-state index contributed by atoms with van der Waals surface area (Å²) in [5.74, 6) is -0.421. The van der Waals surface area contributed by atoms with Gasteiger partial charge in [-0.15, -0.1) is 0 Å². The van der Waals surface area contributed by atoms with Crippen LogP contribution in [0.4, 0.5) is 5.69 Å². The lowest BCUT2D eigenvalue weighted by Gasteiger charge is -2.31. The van der Waals surface area contributed by atoms with Crippen molar-refractivity contribution in [2.24, 2.45) is 5.41 Å². The number of anilines is 1. The van der Waals surface area contributed by atoms with E-state index in [9.17, 15) is 13.2 Å². The Morgan fingerprint density at radius 3 is 2.40 bits per heavy atom. The SMILES string of the molecule is C[C@H](C(=O)N(CC(C)(C)C)c1cccnc1)S(C)(=O)=O. The van der Waals surface area contributed by atoms with Gasteiger partial charge in [0.2, 0.25) is 5.91 Å². The number of sulfone groups is 1. The summed E-state index contributed by atoms with van der Waals surface area (Å²) in [5.41, 5.74) is 0.464. The Hall–Kier alpha value is -1.43. The van der Waals surface area contributed by atoms with E-state index >= 15 is 0 Å². The standard InChI is InChI=1S/C14H22N2O3S/c1-11(20(5,18)19)13(17)16(10-14(2,3)4)12-7-6-8-15-9-12/h6-9,11H,10H2,1-5H3/t11-/m1/s1. The van der Waals surface area contributed by atoms with Crippen molar-refractivity contribution in [2.75, 3.05) is 17.7 Å². The van der Waals surface area contributed by atoms with Gasteiger partial charge < -0.3 is 4.90 Å². The van der Waals surface area contributed by atoms with E-state index in [0.29, 0.717) is 12.2 Å². The first-order chi connectivity index (χ1) is 9.02. The molecule has 0 spiro atoms. The van der Waals surface area contributed by atoms with Crippen LogP contribution in [0.3, 0.4) is 0 Å². The van der Waals surface area contributed by atoms with Crippen LogP contribution >= 0.6 is 0 Å². The molecule has 0 saturated heterocycles. The fourth-order valence-electron chi connectivity index (χ4n) is 1.69. The zero-order valence-corrected chi connectivity index (χ0v) is 13.4. The molecule has 20 heavy (non-hydrogen) atoms. The summed E-state index contributed by atoms with van der Waals surface area (Å²) in [5, 5.41) is -1.06. The molecular weight excluding hydrogens is 276 g/mol. The summed E-state index contributed by atoms with van der Waals surface area (Å²) in [6.45, 7) is 7.83.